The quantitative estimate of drug-likeness (QED) is 0.328. The molecule has 0 aromatic heterocycles. The third kappa shape index (κ3) is 3.48. The van der Waals surface area contributed by atoms with Crippen LogP contribution in [0, 0.1) is 17.3 Å². The average molecular weight is 225 g/mol. The van der Waals surface area contributed by atoms with Crippen LogP contribution in [-0.4, -0.2) is 12.4 Å². The molecule has 1 rings (SSSR count). The minimum Gasteiger partial charge on any atom is -0.312 e. The van der Waals surface area contributed by atoms with Crippen molar-refractivity contribution < 1.29 is 0 Å². The predicted octanol–water partition coefficient (Wildman–Crippen LogP) is 2.72. The lowest BCUT2D eigenvalue weighted by Gasteiger charge is -2.37. The van der Waals surface area contributed by atoms with Gasteiger partial charge in [-0.1, -0.05) is 20.8 Å². The van der Waals surface area contributed by atoms with Crippen LogP contribution in [0.1, 0.15) is 53.4 Å². The van der Waals surface area contributed by atoms with Gasteiger partial charge in [-0.15, -0.1) is 0 Å². The molecule has 0 heterocycles. The summed E-state index contributed by atoms with van der Waals surface area (Å²) in [6.07, 6.45) is 5.06. The van der Waals surface area contributed by atoms with E-state index >= 15 is 0 Å². The van der Waals surface area contributed by atoms with E-state index in [0.717, 1.165) is 18.3 Å². The number of hydrogen-bond acceptors (Lipinski definition) is 2. The summed E-state index contributed by atoms with van der Waals surface area (Å²) in [4.78, 5) is 4.43. The molecule has 0 atom stereocenters. The predicted molar refractivity (Wildman–Crippen MR) is 70.2 cm³/mol. The Morgan fingerprint density at radius 3 is 2.19 bits per heavy atom. The standard InChI is InChI=1S/C13H27N3/c1-5-15-12(16-14)10-6-8-11(9-7-10)13(2,3)4/h10-11H,5-9,14H2,1-4H3,(H,15,16). The van der Waals surface area contributed by atoms with Crippen LogP contribution in [0.5, 0.6) is 0 Å². The fraction of sp³-hybridized carbons (Fsp3) is 0.923. The van der Waals surface area contributed by atoms with Crippen LogP contribution in [0.3, 0.4) is 0 Å². The molecule has 0 aromatic rings. The zero-order valence-corrected chi connectivity index (χ0v) is 11.2. The Hall–Kier alpha value is -0.570. The molecule has 16 heavy (non-hydrogen) atoms. The Kier molecular flexibility index (Phi) is 4.78. The van der Waals surface area contributed by atoms with Crippen LogP contribution in [0.15, 0.2) is 4.99 Å². The van der Waals surface area contributed by atoms with Crippen molar-refractivity contribution >= 4 is 5.84 Å². The maximum Gasteiger partial charge on any atom is 0.113 e. The lowest BCUT2D eigenvalue weighted by molar-refractivity contribution is 0.166. The van der Waals surface area contributed by atoms with Crippen LogP contribution >= 0.6 is 0 Å². The van der Waals surface area contributed by atoms with Gasteiger partial charge in [-0.25, -0.2) is 5.84 Å². The smallest absolute Gasteiger partial charge is 0.113 e. The van der Waals surface area contributed by atoms with E-state index in [1.165, 1.54) is 25.7 Å². The maximum absolute atomic E-state index is 5.53. The molecule has 0 amide bonds. The highest BCUT2D eigenvalue weighted by atomic mass is 15.3. The third-order valence-electron chi connectivity index (χ3n) is 3.81. The first-order valence-corrected chi connectivity index (χ1v) is 6.50. The molecule has 1 saturated carbocycles. The number of amidine groups is 1. The normalized spacial score (nSPS) is 27.9. The van der Waals surface area contributed by atoms with E-state index in [0.29, 0.717) is 11.3 Å². The van der Waals surface area contributed by atoms with Crippen molar-refractivity contribution in [2.24, 2.45) is 28.1 Å². The molecular formula is C13H27N3. The second kappa shape index (κ2) is 5.67. The fourth-order valence-corrected chi connectivity index (χ4v) is 2.70. The van der Waals surface area contributed by atoms with Gasteiger partial charge in [0.15, 0.2) is 0 Å². The number of nitrogens with one attached hydrogen (secondary N) is 1. The largest absolute Gasteiger partial charge is 0.312 e. The average Bonchev–Trinajstić information content (AvgIpc) is 2.25. The van der Waals surface area contributed by atoms with Crippen molar-refractivity contribution in [2.75, 3.05) is 6.54 Å². The number of hydrazine groups is 1. The highest BCUT2D eigenvalue weighted by molar-refractivity contribution is 5.84. The second-order valence-corrected chi connectivity index (χ2v) is 5.92. The van der Waals surface area contributed by atoms with E-state index in [1.807, 2.05) is 0 Å². The summed E-state index contributed by atoms with van der Waals surface area (Å²) in [5, 5.41) is 0. The van der Waals surface area contributed by atoms with E-state index in [-0.39, 0.29) is 0 Å². The van der Waals surface area contributed by atoms with Gasteiger partial charge >= 0.3 is 0 Å². The van der Waals surface area contributed by atoms with Crippen molar-refractivity contribution in [1.82, 2.24) is 5.43 Å². The van der Waals surface area contributed by atoms with E-state index in [1.54, 1.807) is 0 Å². The summed E-state index contributed by atoms with van der Waals surface area (Å²) >= 11 is 0. The molecule has 1 aliphatic carbocycles. The van der Waals surface area contributed by atoms with Crippen molar-refractivity contribution in [1.29, 1.82) is 0 Å². The minimum atomic E-state index is 0.448. The van der Waals surface area contributed by atoms with Crippen molar-refractivity contribution in [3.8, 4) is 0 Å². The molecule has 0 aromatic carbocycles. The zero-order chi connectivity index (χ0) is 12.2. The summed E-state index contributed by atoms with van der Waals surface area (Å²) in [5.74, 6) is 7.95. The van der Waals surface area contributed by atoms with Crippen molar-refractivity contribution in [3.63, 3.8) is 0 Å². The first-order valence-electron chi connectivity index (χ1n) is 6.50. The molecular weight excluding hydrogens is 198 g/mol. The molecule has 0 spiro atoms. The fourth-order valence-electron chi connectivity index (χ4n) is 2.70. The van der Waals surface area contributed by atoms with Crippen molar-refractivity contribution in [3.05, 3.63) is 0 Å². The van der Waals surface area contributed by atoms with Crippen LogP contribution < -0.4 is 11.3 Å². The van der Waals surface area contributed by atoms with Gasteiger partial charge in [0.25, 0.3) is 0 Å². The Bertz CT molecular complexity index is 232. The Labute approximate surface area is 99.9 Å². The van der Waals surface area contributed by atoms with Crippen LogP contribution in [-0.2, 0) is 0 Å². The van der Waals surface area contributed by atoms with Crippen LogP contribution in [0.25, 0.3) is 0 Å². The van der Waals surface area contributed by atoms with Gasteiger partial charge in [-0.3, -0.25) is 4.99 Å². The molecule has 0 unspecified atom stereocenters. The first-order chi connectivity index (χ1) is 7.49. The van der Waals surface area contributed by atoms with Crippen molar-refractivity contribution in [2.45, 2.75) is 53.4 Å². The monoisotopic (exact) mass is 225 g/mol. The Morgan fingerprint density at radius 1 is 1.25 bits per heavy atom. The second-order valence-electron chi connectivity index (χ2n) is 5.92. The molecule has 94 valence electrons. The van der Waals surface area contributed by atoms with Gasteiger partial charge in [-0.05, 0) is 43.9 Å². The molecule has 1 aliphatic rings. The van der Waals surface area contributed by atoms with Crippen LogP contribution in [0.2, 0.25) is 0 Å². The Balaban J connectivity index is 2.51. The van der Waals surface area contributed by atoms with E-state index < -0.39 is 0 Å². The van der Waals surface area contributed by atoms with Gasteiger partial charge in [0, 0.05) is 12.5 Å². The van der Waals surface area contributed by atoms with Crippen LogP contribution in [0.4, 0.5) is 0 Å². The minimum absolute atomic E-state index is 0.448. The summed E-state index contributed by atoms with van der Waals surface area (Å²) in [6, 6.07) is 0. The van der Waals surface area contributed by atoms with Gasteiger partial charge in [0.05, 0.1) is 0 Å². The number of hydrogen-bond donors (Lipinski definition) is 2. The summed E-state index contributed by atoms with van der Waals surface area (Å²) < 4.78 is 0. The topological polar surface area (TPSA) is 50.4 Å². The summed E-state index contributed by atoms with van der Waals surface area (Å²) in [6.45, 7) is 9.91. The molecule has 0 aliphatic heterocycles. The molecule has 0 radical (unpaired) electrons. The number of nitrogens with two attached hydrogens (primary N) is 1. The van der Waals surface area contributed by atoms with E-state index in [2.05, 4.69) is 38.1 Å². The lowest BCUT2D eigenvalue weighted by atomic mass is 9.69. The highest BCUT2D eigenvalue weighted by Crippen LogP contribution is 2.39. The molecule has 0 bridgehead atoms. The SMILES string of the molecule is CCN=C(NN)C1CCC(C(C)(C)C)CC1. The molecule has 3 heteroatoms. The zero-order valence-electron chi connectivity index (χ0n) is 11.2. The summed E-state index contributed by atoms with van der Waals surface area (Å²) in [7, 11) is 0. The lowest BCUT2D eigenvalue weighted by Crippen LogP contribution is -2.39. The molecule has 3 nitrogen and oxygen atoms in total. The molecule has 3 N–H and O–H groups in total. The molecule has 0 saturated heterocycles. The van der Waals surface area contributed by atoms with Gasteiger partial charge in [0.1, 0.15) is 5.84 Å². The number of nitrogens with zero attached hydrogens (tertiary/aromatic N) is 1. The first kappa shape index (κ1) is 13.5. The number of aliphatic imine (C=N–C) groups is 1. The molecule has 1 fully saturated rings. The third-order valence-corrected chi connectivity index (χ3v) is 3.81. The summed E-state index contributed by atoms with van der Waals surface area (Å²) in [5.41, 5.74) is 3.22. The van der Waals surface area contributed by atoms with E-state index in [4.69, 9.17) is 5.84 Å². The highest BCUT2D eigenvalue weighted by Gasteiger charge is 2.31. The number of rotatable bonds is 2. The Morgan fingerprint density at radius 2 is 1.81 bits per heavy atom. The van der Waals surface area contributed by atoms with Gasteiger partial charge < -0.3 is 5.43 Å². The maximum atomic E-state index is 5.53. The van der Waals surface area contributed by atoms with Gasteiger partial charge in [-0.2, -0.15) is 0 Å². The van der Waals surface area contributed by atoms with E-state index in [9.17, 15) is 0 Å². The van der Waals surface area contributed by atoms with Gasteiger partial charge in [0.2, 0.25) is 0 Å².